The van der Waals surface area contributed by atoms with Crippen molar-refractivity contribution in [3.8, 4) is 28.7 Å². The zero-order chi connectivity index (χ0) is 23.7. The Bertz CT molecular complexity index is 932. The van der Waals surface area contributed by atoms with Gasteiger partial charge in [0.05, 0.1) is 41.7 Å². The lowest BCUT2D eigenvalue weighted by Crippen LogP contribution is -2.50. The molecule has 0 spiro atoms. The number of rotatable bonds is 8. The Hall–Kier alpha value is -2.68. The van der Waals surface area contributed by atoms with E-state index in [9.17, 15) is 5.11 Å². The Morgan fingerprint density at radius 2 is 1.34 bits per heavy atom. The van der Waals surface area contributed by atoms with E-state index in [1.54, 1.807) is 60.7 Å². The highest BCUT2D eigenvalue weighted by Crippen LogP contribution is 2.57. The molecule has 3 rings (SSSR count). The van der Waals surface area contributed by atoms with E-state index in [0.29, 0.717) is 34.3 Å². The van der Waals surface area contributed by atoms with Crippen LogP contribution in [0.5, 0.6) is 28.7 Å². The smallest absolute Gasteiger partial charge is 0.225 e. The Kier molecular flexibility index (Phi) is 6.78. The molecule has 1 N–H and O–H groups in total. The molecule has 4 unspecified atom stereocenters. The highest BCUT2D eigenvalue weighted by Gasteiger charge is 2.63. The van der Waals surface area contributed by atoms with Crippen LogP contribution in [0.15, 0.2) is 30.3 Å². The highest BCUT2D eigenvalue weighted by molar-refractivity contribution is 5.55. The van der Waals surface area contributed by atoms with E-state index >= 15 is 0 Å². The van der Waals surface area contributed by atoms with Crippen molar-refractivity contribution in [1.82, 2.24) is 0 Å². The molecule has 0 radical (unpaired) electrons. The molecule has 1 fully saturated rings. The second-order valence-electron chi connectivity index (χ2n) is 7.82. The predicted molar refractivity (Wildman–Crippen MR) is 118 cm³/mol. The van der Waals surface area contributed by atoms with Gasteiger partial charge in [-0.2, -0.15) is 0 Å². The third kappa shape index (κ3) is 3.52. The first-order chi connectivity index (χ1) is 15.2. The minimum absolute atomic E-state index is 0.363. The van der Waals surface area contributed by atoms with Gasteiger partial charge >= 0.3 is 0 Å². The summed E-state index contributed by atoms with van der Waals surface area (Å²) in [5, 5.41) is 11.7. The van der Waals surface area contributed by atoms with Crippen molar-refractivity contribution < 1.29 is 38.3 Å². The quantitative estimate of drug-likeness (QED) is 0.655. The standard InChI is InChI=1S/C24H32O8/c1-14-21(15-11-19(28-5)22(30-7)20(12-15)29-6)32-24(31-8,23(14,2)25)16-9-10-17(26-3)18(13-16)27-4/h9-14,21,25H,1-8H3. The van der Waals surface area contributed by atoms with E-state index < -0.39 is 17.5 Å². The molecular formula is C24H32O8. The maximum Gasteiger partial charge on any atom is 0.225 e. The maximum atomic E-state index is 11.7. The topological polar surface area (TPSA) is 84.8 Å². The second kappa shape index (κ2) is 9.05. The lowest BCUT2D eigenvalue weighted by molar-refractivity contribution is -0.286. The van der Waals surface area contributed by atoms with Crippen molar-refractivity contribution in [3.63, 3.8) is 0 Å². The van der Waals surface area contributed by atoms with Gasteiger partial charge in [-0.25, -0.2) is 0 Å². The van der Waals surface area contributed by atoms with Crippen molar-refractivity contribution in [2.45, 2.75) is 31.3 Å². The van der Waals surface area contributed by atoms with Gasteiger partial charge in [0.1, 0.15) is 5.60 Å². The minimum atomic E-state index is -1.46. The molecule has 8 heteroatoms. The lowest BCUT2D eigenvalue weighted by atomic mass is 9.79. The minimum Gasteiger partial charge on any atom is -0.493 e. The van der Waals surface area contributed by atoms with Crippen LogP contribution in [0, 0.1) is 5.92 Å². The van der Waals surface area contributed by atoms with Crippen LogP contribution in [0.4, 0.5) is 0 Å². The molecule has 0 bridgehead atoms. The third-order valence-electron chi connectivity index (χ3n) is 6.37. The Morgan fingerprint density at radius 1 is 0.781 bits per heavy atom. The molecule has 1 saturated heterocycles. The molecule has 4 atom stereocenters. The summed E-state index contributed by atoms with van der Waals surface area (Å²) in [5.41, 5.74) is -0.0389. The number of methoxy groups -OCH3 is 6. The molecule has 0 amide bonds. The molecule has 2 aromatic carbocycles. The number of hydrogen-bond donors (Lipinski definition) is 1. The van der Waals surface area contributed by atoms with E-state index in [-0.39, 0.29) is 5.92 Å². The number of aliphatic hydroxyl groups is 1. The summed E-state index contributed by atoms with van der Waals surface area (Å²) in [6.07, 6.45) is -0.535. The van der Waals surface area contributed by atoms with Crippen LogP contribution in [0.25, 0.3) is 0 Å². The number of ether oxygens (including phenoxy) is 7. The van der Waals surface area contributed by atoms with Crippen LogP contribution < -0.4 is 23.7 Å². The summed E-state index contributed by atoms with van der Waals surface area (Å²) < 4.78 is 39.7. The lowest BCUT2D eigenvalue weighted by Gasteiger charge is -2.39. The summed E-state index contributed by atoms with van der Waals surface area (Å²) in [7, 11) is 9.28. The second-order valence-corrected chi connectivity index (χ2v) is 7.82. The van der Waals surface area contributed by atoms with Crippen LogP contribution >= 0.6 is 0 Å². The molecule has 0 saturated carbocycles. The first-order valence-corrected chi connectivity index (χ1v) is 10.2. The Balaban J connectivity index is 2.14. The van der Waals surface area contributed by atoms with Crippen molar-refractivity contribution in [1.29, 1.82) is 0 Å². The van der Waals surface area contributed by atoms with Crippen LogP contribution in [0.2, 0.25) is 0 Å². The molecule has 2 aromatic rings. The maximum absolute atomic E-state index is 11.7. The summed E-state index contributed by atoms with van der Waals surface area (Å²) in [6, 6.07) is 8.94. The van der Waals surface area contributed by atoms with Crippen molar-refractivity contribution >= 4 is 0 Å². The zero-order valence-electron chi connectivity index (χ0n) is 19.8. The van der Waals surface area contributed by atoms with Gasteiger partial charge < -0.3 is 38.3 Å². The normalized spacial score (nSPS) is 27.2. The molecule has 8 nitrogen and oxygen atoms in total. The van der Waals surface area contributed by atoms with E-state index in [1.807, 2.05) is 19.1 Å². The van der Waals surface area contributed by atoms with Gasteiger partial charge in [0.25, 0.3) is 0 Å². The highest BCUT2D eigenvalue weighted by atomic mass is 16.7. The third-order valence-corrected chi connectivity index (χ3v) is 6.37. The largest absolute Gasteiger partial charge is 0.493 e. The number of hydrogen-bond acceptors (Lipinski definition) is 8. The van der Waals surface area contributed by atoms with Gasteiger partial charge in [0.15, 0.2) is 23.0 Å². The van der Waals surface area contributed by atoms with Crippen LogP contribution in [-0.2, 0) is 15.3 Å². The zero-order valence-corrected chi connectivity index (χ0v) is 19.8. The fourth-order valence-electron chi connectivity index (χ4n) is 4.39. The monoisotopic (exact) mass is 448 g/mol. The van der Waals surface area contributed by atoms with Crippen LogP contribution in [0.1, 0.15) is 31.1 Å². The first kappa shape index (κ1) is 24.0. The Labute approximate surface area is 188 Å². The van der Waals surface area contributed by atoms with E-state index in [4.69, 9.17) is 33.2 Å². The predicted octanol–water partition coefficient (Wildman–Crippen LogP) is 3.69. The summed E-state index contributed by atoms with van der Waals surface area (Å²) in [5.74, 6) is 0.722. The molecule has 1 heterocycles. The van der Waals surface area contributed by atoms with Crippen molar-refractivity contribution in [3.05, 3.63) is 41.5 Å². The number of benzene rings is 2. The summed E-state index contributed by atoms with van der Waals surface area (Å²) >= 11 is 0. The van der Waals surface area contributed by atoms with Crippen LogP contribution in [-0.4, -0.2) is 53.4 Å². The average molecular weight is 449 g/mol. The van der Waals surface area contributed by atoms with Crippen molar-refractivity contribution in [2.75, 3.05) is 42.7 Å². The SMILES string of the molecule is COc1ccc(C2(OC)OC(c3cc(OC)c(OC)c(OC)c3)C(C)C2(C)O)cc1OC. The molecule has 176 valence electrons. The van der Waals surface area contributed by atoms with Gasteiger partial charge in [0, 0.05) is 18.6 Å². The molecular weight excluding hydrogens is 416 g/mol. The Morgan fingerprint density at radius 3 is 1.81 bits per heavy atom. The molecule has 1 aliphatic rings. The average Bonchev–Trinajstić information content (AvgIpc) is 3.03. The molecule has 0 aromatic heterocycles. The van der Waals surface area contributed by atoms with Gasteiger partial charge in [-0.05, 0) is 42.8 Å². The first-order valence-electron chi connectivity index (χ1n) is 10.2. The summed E-state index contributed by atoms with van der Waals surface area (Å²) in [4.78, 5) is 0. The van der Waals surface area contributed by atoms with Gasteiger partial charge in [-0.3, -0.25) is 0 Å². The molecule has 0 aliphatic carbocycles. The molecule has 32 heavy (non-hydrogen) atoms. The van der Waals surface area contributed by atoms with Crippen molar-refractivity contribution in [2.24, 2.45) is 5.92 Å². The van der Waals surface area contributed by atoms with Crippen LogP contribution in [0.3, 0.4) is 0 Å². The van der Waals surface area contributed by atoms with Gasteiger partial charge in [0.2, 0.25) is 11.5 Å². The van der Waals surface area contributed by atoms with E-state index in [1.165, 1.54) is 7.11 Å². The summed E-state index contributed by atoms with van der Waals surface area (Å²) in [6.45, 7) is 3.62. The van der Waals surface area contributed by atoms with Gasteiger partial charge in [-0.15, -0.1) is 0 Å². The fraction of sp³-hybridized carbons (Fsp3) is 0.500. The fourth-order valence-corrected chi connectivity index (χ4v) is 4.39. The molecule has 1 aliphatic heterocycles. The van der Waals surface area contributed by atoms with E-state index in [2.05, 4.69) is 0 Å². The van der Waals surface area contributed by atoms with E-state index in [0.717, 1.165) is 5.56 Å². The van der Waals surface area contributed by atoms with Gasteiger partial charge in [-0.1, -0.05) is 6.92 Å².